The van der Waals surface area contributed by atoms with Gasteiger partial charge in [-0.05, 0) is 43.4 Å². The maximum atomic E-state index is 12.5. The van der Waals surface area contributed by atoms with E-state index >= 15 is 0 Å². The van der Waals surface area contributed by atoms with Crippen LogP contribution in [0.3, 0.4) is 0 Å². The highest BCUT2D eigenvalue weighted by Gasteiger charge is 2.55. The van der Waals surface area contributed by atoms with Gasteiger partial charge in [-0.25, -0.2) is 0 Å². The average molecular weight is 337 g/mol. The molecule has 4 fully saturated rings. The summed E-state index contributed by atoms with van der Waals surface area (Å²) in [5, 5.41) is 0. The number of thioether (sulfide) groups is 1. The highest BCUT2D eigenvalue weighted by molar-refractivity contribution is 7.99. The van der Waals surface area contributed by atoms with Crippen molar-refractivity contribution in [1.82, 2.24) is 0 Å². The van der Waals surface area contributed by atoms with E-state index in [1.807, 2.05) is 11.8 Å². The van der Waals surface area contributed by atoms with Crippen LogP contribution < -0.4 is 4.90 Å². The number of esters is 1. The highest BCUT2D eigenvalue weighted by atomic mass is 32.2. The summed E-state index contributed by atoms with van der Waals surface area (Å²) in [5.74, 6) is 3.76. The highest BCUT2D eigenvalue weighted by Crippen LogP contribution is 2.56. The lowest BCUT2D eigenvalue weighted by atomic mass is 9.55. The van der Waals surface area contributed by atoms with Crippen molar-refractivity contribution < 1.29 is 14.4 Å². The van der Waals surface area contributed by atoms with E-state index in [4.69, 9.17) is 4.74 Å². The first-order valence-electron chi connectivity index (χ1n) is 9.36. The monoisotopic (exact) mass is 336 g/mol. The van der Waals surface area contributed by atoms with Crippen LogP contribution in [0.4, 0.5) is 0 Å². The van der Waals surface area contributed by atoms with Crippen LogP contribution in [0.25, 0.3) is 0 Å². The summed E-state index contributed by atoms with van der Waals surface area (Å²) in [4.78, 5) is 14.2. The summed E-state index contributed by atoms with van der Waals surface area (Å²) in [6, 6.07) is 0. The van der Waals surface area contributed by atoms with Gasteiger partial charge < -0.3 is 9.64 Å². The van der Waals surface area contributed by atoms with E-state index in [0.717, 1.165) is 19.4 Å². The normalized spacial score (nSPS) is 44.6. The van der Waals surface area contributed by atoms with Crippen LogP contribution in [0.1, 0.15) is 39.0 Å². The molecule has 0 aromatic carbocycles. The van der Waals surface area contributed by atoms with Crippen LogP contribution in [0, 0.1) is 23.2 Å². The number of carbonyl (C=O) groups is 1. The molecule has 0 radical (unpaired) electrons. The number of ether oxygens (including phenoxy) is 1. The van der Waals surface area contributed by atoms with Crippen molar-refractivity contribution in [2.24, 2.45) is 23.2 Å². The lowest BCUT2D eigenvalue weighted by molar-refractivity contribution is -0.899. The second-order valence-corrected chi connectivity index (χ2v) is 9.70. The number of nitrogens with one attached hydrogen (secondary N) is 1. The van der Waals surface area contributed by atoms with Crippen molar-refractivity contribution in [3.63, 3.8) is 0 Å². The molecule has 0 unspecified atom stereocenters. The van der Waals surface area contributed by atoms with Gasteiger partial charge in [-0.15, -0.1) is 0 Å². The molecule has 5 atom stereocenters. The summed E-state index contributed by atoms with van der Waals surface area (Å²) in [6.45, 7) is 10.2. The fourth-order valence-electron chi connectivity index (χ4n) is 5.66. The van der Waals surface area contributed by atoms with Crippen LogP contribution >= 0.6 is 11.8 Å². The third-order valence-corrected chi connectivity index (χ3v) is 8.01. The number of allylic oxidation sites excluding steroid dienone is 1. The van der Waals surface area contributed by atoms with E-state index in [1.165, 1.54) is 49.4 Å². The molecule has 2 heterocycles. The molecule has 2 saturated heterocycles. The van der Waals surface area contributed by atoms with E-state index in [9.17, 15) is 4.79 Å². The first kappa shape index (κ1) is 16.0. The van der Waals surface area contributed by atoms with Gasteiger partial charge in [0.2, 0.25) is 0 Å². The molecular weight excluding hydrogens is 306 g/mol. The van der Waals surface area contributed by atoms with Crippen LogP contribution in [-0.2, 0) is 9.53 Å². The maximum absolute atomic E-state index is 12.5. The van der Waals surface area contributed by atoms with E-state index < -0.39 is 0 Å². The molecule has 0 bridgehead atoms. The van der Waals surface area contributed by atoms with Crippen molar-refractivity contribution in [3.05, 3.63) is 12.2 Å². The molecule has 23 heavy (non-hydrogen) atoms. The summed E-state index contributed by atoms with van der Waals surface area (Å²) in [5.41, 5.74) is 1.76. The predicted octanol–water partition coefficient (Wildman–Crippen LogP) is 1.93. The Bertz CT molecular complexity index is 502. The quantitative estimate of drug-likeness (QED) is 0.617. The molecule has 128 valence electrons. The van der Waals surface area contributed by atoms with Gasteiger partial charge in [0.1, 0.15) is 12.0 Å². The molecule has 0 spiro atoms. The Morgan fingerprint density at radius 3 is 2.96 bits per heavy atom. The minimum Gasteiger partial charge on any atom is -0.462 e. The lowest BCUT2D eigenvalue weighted by Crippen LogP contribution is -3.14. The molecule has 3 nitrogen and oxygen atoms in total. The first-order valence-corrected chi connectivity index (χ1v) is 10.5. The third kappa shape index (κ3) is 2.86. The van der Waals surface area contributed by atoms with Gasteiger partial charge in [-0.1, -0.05) is 19.1 Å². The van der Waals surface area contributed by atoms with Crippen molar-refractivity contribution in [3.8, 4) is 0 Å². The van der Waals surface area contributed by atoms with Gasteiger partial charge in [0, 0.05) is 17.4 Å². The molecule has 2 aliphatic heterocycles. The van der Waals surface area contributed by atoms with Gasteiger partial charge in [-0.2, -0.15) is 11.8 Å². The largest absolute Gasteiger partial charge is 0.462 e. The van der Waals surface area contributed by atoms with Gasteiger partial charge in [0.25, 0.3) is 0 Å². The summed E-state index contributed by atoms with van der Waals surface area (Å²) in [7, 11) is 0. The Balaban J connectivity index is 1.50. The predicted molar refractivity (Wildman–Crippen MR) is 93.6 cm³/mol. The lowest BCUT2D eigenvalue weighted by Gasteiger charge is -2.50. The number of rotatable bonds is 2. The molecule has 4 aliphatic rings. The summed E-state index contributed by atoms with van der Waals surface area (Å²) >= 11 is 2.05. The number of hydrogen-bond acceptors (Lipinski definition) is 3. The van der Waals surface area contributed by atoms with E-state index in [0.29, 0.717) is 17.3 Å². The average Bonchev–Trinajstić information content (AvgIpc) is 2.81. The second-order valence-electron chi connectivity index (χ2n) is 8.47. The van der Waals surface area contributed by atoms with E-state index in [-0.39, 0.29) is 18.0 Å². The Morgan fingerprint density at radius 1 is 1.39 bits per heavy atom. The van der Waals surface area contributed by atoms with E-state index in [2.05, 4.69) is 13.5 Å². The maximum Gasteiger partial charge on any atom is 0.315 e. The molecule has 4 heteroatoms. The van der Waals surface area contributed by atoms with Gasteiger partial charge in [0.15, 0.2) is 0 Å². The fraction of sp³-hybridized carbons (Fsp3) is 0.842. The molecule has 0 amide bonds. The Hall–Kier alpha value is -0.480. The fourth-order valence-corrected chi connectivity index (χ4v) is 6.73. The summed E-state index contributed by atoms with van der Waals surface area (Å²) in [6.07, 6.45) is 6.10. The molecule has 4 rings (SSSR count). The van der Waals surface area contributed by atoms with Gasteiger partial charge in [0.05, 0.1) is 19.6 Å². The second kappa shape index (κ2) is 6.11. The minimum absolute atomic E-state index is 0.0959. The van der Waals surface area contributed by atoms with Gasteiger partial charge >= 0.3 is 5.97 Å². The Labute approximate surface area is 144 Å². The smallest absolute Gasteiger partial charge is 0.315 e. The van der Waals surface area contributed by atoms with Crippen LogP contribution in [0.15, 0.2) is 12.2 Å². The van der Waals surface area contributed by atoms with Crippen LogP contribution in [-0.4, -0.2) is 43.2 Å². The third-order valence-electron chi connectivity index (χ3n) is 7.03. The number of quaternary nitrogens is 1. The SMILES string of the molecule is C=C1CCC[C@]2(C)C[C@H]3OC(=O)[C@H](C[NH+]4CCSCC4)[C@H]3C[C@H]12. The van der Waals surface area contributed by atoms with Crippen LogP contribution in [0.5, 0.6) is 0 Å². The molecule has 0 aromatic heterocycles. The Kier molecular flexibility index (Phi) is 4.25. The standard InChI is InChI=1S/C19H29NO2S/c1-13-4-3-5-19(2)11-17-14(10-16(13)19)15(18(21)22-17)12-20-6-8-23-9-7-20/h14-17H,1,3-12H2,2H3/p+1/t14-,15-,16-,17-,19-/m1/s1. The number of hydrogen-bond donors (Lipinski definition) is 1. The molecular formula is C19H30NO2S+. The topological polar surface area (TPSA) is 30.7 Å². The molecule has 2 saturated carbocycles. The summed E-state index contributed by atoms with van der Waals surface area (Å²) < 4.78 is 5.88. The van der Waals surface area contributed by atoms with E-state index in [1.54, 1.807) is 4.90 Å². The zero-order valence-electron chi connectivity index (χ0n) is 14.3. The van der Waals surface area contributed by atoms with Crippen molar-refractivity contribution in [2.45, 2.75) is 45.1 Å². The molecule has 2 aliphatic carbocycles. The van der Waals surface area contributed by atoms with Crippen molar-refractivity contribution in [1.29, 1.82) is 0 Å². The van der Waals surface area contributed by atoms with Gasteiger partial charge in [-0.3, -0.25) is 4.79 Å². The molecule has 1 N–H and O–H groups in total. The first-order chi connectivity index (χ1) is 11.1. The van der Waals surface area contributed by atoms with Crippen LogP contribution in [0.2, 0.25) is 0 Å². The zero-order chi connectivity index (χ0) is 16.0. The minimum atomic E-state index is 0.0959. The van der Waals surface area contributed by atoms with Crippen molar-refractivity contribution >= 4 is 17.7 Å². The van der Waals surface area contributed by atoms with Crippen molar-refractivity contribution in [2.75, 3.05) is 31.1 Å². The zero-order valence-corrected chi connectivity index (χ0v) is 15.1. The number of fused-ring (bicyclic) bond motifs is 2. The Morgan fingerprint density at radius 2 is 2.17 bits per heavy atom. The molecule has 0 aromatic rings. The number of carbonyl (C=O) groups excluding carboxylic acids is 1.